The van der Waals surface area contributed by atoms with Gasteiger partial charge in [-0.05, 0) is 43.7 Å². The average molecular weight is 493 g/mol. The van der Waals surface area contributed by atoms with Crippen molar-refractivity contribution in [1.82, 2.24) is 15.1 Å². The normalized spacial score (nSPS) is 25.9. The first-order chi connectivity index (χ1) is 16.7. The number of amides is 2. The highest BCUT2D eigenvalue weighted by Crippen LogP contribution is 2.35. The monoisotopic (exact) mass is 492 g/mol. The number of likely N-dealkylation sites (tertiary alicyclic amines) is 1. The number of hydrogen-bond donors (Lipinski definition) is 1. The van der Waals surface area contributed by atoms with E-state index in [0.29, 0.717) is 12.0 Å². The Balaban J connectivity index is 1.46. The zero-order valence-corrected chi connectivity index (χ0v) is 20.5. The summed E-state index contributed by atoms with van der Waals surface area (Å²) < 4.78 is 32.4. The number of anilines is 1. The van der Waals surface area contributed by atoms with E-state index in [0.717, 1.165) is 31.9 Å². The van der Waals surface area contributed by atoms with Crippen LogP contribution in [0, 0.1) is 11.8 Å². The summed E-state index contributed by atoms with van der Waals surface area (Å²) in [6.07, 6.45) is -3.38. The molecule has 3 saturated heterocycles. The number of piperazine rings is 1. The summed E-state index contributed by atoms with van der Waals surface area (Å²) in [5, 5.41) is 2.79. The summed E-state index contributed by atoms with van der Waals surface area (Å²) in [6.45, 7) is 7.05. The third-order valence-corrected chi connectivity index (χ3v) is 7.14. The molecule has 1 unspecified atom stereocenters. The Kier molecular flexibility index (Phi) is 7.70. The van der Waals surface area contributed by atoms with Gasteiger partial charge in [0.1, 0.15) is 18.7 Å². The number of Topliss-reactive ketones (excluding diaryl/α,β-unsaturated/α-hetero) is 1. The van der Waals surface area contributed by atoms with Crippen LogP contribution >= 0.6 is 0 Å². The lowest BCUT2D eigenvalue weighted by molar-refractivity contribution is -0.138. The number of likely N-dealkylation sites (N-methyl/N-ethyl adjacent to an activating group) is 1. The summed E-state index contributed by atoms with van der Waals surface area (Å²) >= 11 is 0. The standard InChI is InChI=1S/C25H34F2N4O4/c1-15(2)12-19(25(34)31-13-18(23(26)27)22-21(31)20(32)14-35-22)28-24(33)16-4-6-17(7-5-16)30-10-8-29(3)9-11-30/h4-7,15,18-19,21-23H,8-14H2,1-3H3,(H,28,33)/t18-,19?,21-,22-/m1/s1. The molecule has 3 fully saturated rings. The number of rotatable bonds is 7. The molecule has 0 aliphatic carbocycles. The van der Waals surface area contributed by atoms with Crippen molar-refractivity contribution < 1.29 is 27.9 Å². The van der Waals surface area contributed by atoms with Gasteiger partial charge in [0.15, 0.2) is 5.78 Å². The summed E-state index contributed by atoms with van der Waals surface area (Å²) in [6, 6.07) is 5.31. The van der Waals surface area contributed by atoms with Crippen molar-refractivity contribution >= 4 is 23.3 Å². The highest BCUT2D eigenvalue weighted by Gasteiger charge is 2.55. The number of ether oxygens (including phenoxy) is 1. The Morgan fingerprint density at radius 2 is 1.77 bits per heavy atom. The molecule has 192 valence electrons. The van der Waals surface area contributed by atoms with Crippen LogP contribution in [-0.4, -0.2) is 98.4 Å². The fourth-order valence-corrected chi connectivity index (χ4v) is 5.16. The maximum atomic E-state index is 13.6. The second kappa shape index (κ2) is 10.6. The van der Waals surface area contributed by atoms with Gasteiger partial charge >= 0.3 is 0 Å². The predicted molar refractivity (Wildman–Crippen MR) is 127 cm³/mol. The topological polar surface area (TPSA) is 82.2 Å². The molecule has 0 saturated carbocycles. The fraction of sp³-hybridized carbons (Fsp3) is 0.640. The fourth-order valence-electron chi connectivity index (χ4n) is 5.16. The van der Waals surface area contributed by atoms with E-state index < -0.39 is 42.3 Å². The molecule has 3 aliphatic rings. The van der Waals surface area contributed by atoms with Crippen LogP contribution in [0.2, 0.25) is 0 Å². The van der Waals surface area contributed by atoms with Crippen molar-refractivity contribution in [2.45, 2.75) is 44.9 Å². The Hall–Kier alpha value is -2.59. The molecule has 4 rings (SSSR count). The van der Waals surface area contributed by atoms with Crippen molar-refractivity contribution in [2.75, 3.05) is 51.3 Å². The number of fused-ring (bicyclic) bond motifs is 1. The van der Waals surface area contributed by atoms with Crippen molar-refractivity contribution in [3.05, 3.63) is 29.8 Å². The van der Waals surface area contributed by atoms with Gasteiger partial charge in [0.05, 0.1) is 12.0 Å². The van der Waals surface area contributed by atoms with Crippen molar-refractivity contribution in [3.63, 3.8) is 0 Å². The first kappa shape index (κ1) is 25.5. The maximum absolute atomic E-state index is 13.6. The van der Waals surface area contributed by atoms with Gasteiger partial charge in [-0.1, -0.05) is 13.8 Å². The molecule has 0 bridgehead atoms. The van der Waals surface area contributed by atoms with Gasteiger partial charge < -0.3 is 24.8 Å². The largest absolute Gasteiger partial charge is 0.369 e. The molecule has 4 atom stereocenters. The van der Waals surface area contributed by atoms with Crippen LogP contribution in [0.25, 0.3) is 0 Å². The van der Waals surface area contributed by atoms with Crippen molar-refractivity contribution in [2.24, 2.45) is 11.8 Å². The molecule has 1 aromatic rings. The van der Waals surface area contributed by atoms with E-state index in [4.69, 9.17) is 4.74 Å². The van der Waals surface area contributed by atoms with Crippen molar-refractivity contribution in [3.8, 4) is 0 Å². The number of hydrogen-bond acceptors (Lipinski definition) is 6. The van der Waals surface area contributed by atoms with Gasteiger partial charge in [0.2, 0.25) is 12.3 Å². The Bertz CT molecular complexity index is 934. The van der Waals surface area contributed by atoms with Crippen LogP contribution in [-0.2, 0) is 14.3 Å². The van der Waals surface area contributed by atoms with Gasteiger partial charge in [0.25, 0.3) is 5.91 Å². The number of benzene rings is 1. The Morgan fingerprint density at radius 3 is 2.37 bits per heavy atom. The molecule has 0 radical (unpaired) electrons. The Labute approximate surface area is 204 Å². The molecule has 10 heteroatoms. The number of nitrogens with one attached hydrogen (secondary N) is 1. The zero-order valence-electron chi connectivity index (χ0n) is 20.5. The van der Waals surface area contributed by atoms with E-state index in [1.54, 1.807) is 12.1 Å². The summed E-state index contributed by atoms with van der Waals surface area (Å²) in [7, 11) is 2.09. The summed E-state index contributed by atoms with van der Waals surface area (Å²) in [5.41, 5.74) is 1.44. The SMILES string of the molecule is CC(C)CC(NC(=O)c1ccc(N2CCN(C)CC2)cc1)C(=O)N1C[C@@H](C(F)F)[C@H]2OCC(=O)[C@H]21. The third-order valence-electron chi connectivity index (χ3n) is 7.14. The van der Waals surface area contributed by atoms with Crippen LogP contribution in [0.3, 0.4) is 0 Å². The van der Waals surface area contributed by atoms with Crippen LogP contribution in [0.1, 0.15) is 30.6 Å². The summed E-state index contributed by atoms with van der Waals surface area (Å²) in [5.74, 6) is -2.46. The van der Waals surface area contributed by atoms with E-state index in [1.807, 2.05) is 26.0 Å². The van der Waals surface area contributed by atoms with E-state index in [1.165, 1.54) is 4.90 Å². The zero-order chi connectivity index (χ0) is 25.3. The van der Waals surface area contributed by atoms with Gasteiger partial charge in [-0.3, -0.25) is 14.4 Å². The molecule has 0 spiro atoms. The first-order valence-electron chi connectivity index (χ1n) is 12.2. The first-order valence-corrected chi connectivity index (χ1v) is 12.2. The lowest BCUT2D eigenvalue weighted by Gasteiger charge is -2.34. The van der Waals surface area contributed by atoms with Crippen LogP contribution in [0.5, 0.6) is 0 Å². The number of ketones is 1. The van der Waals surface area contributed by atoms with E-state index in [2.05, 4.69) is 22.2 Å². The lowest BCUT2D eigenvalue weighted by atomic mass is 10.0. The Morgan fingerprint density at radius 1 is 1.11 bits per heavy atom. The second-order valence-corrected chi connectivity index (χ2v) is 10.2. The maximum Gasteiger partial charge on any atom is 0.251 e. The lowest BCUT2D eigenvalue weighted by Crippen LogP contribution is -2.52. The van der Waals surface area contributed by atoms with Gasteiger partial charge in [-0.25, -0.2) is 8.78 Å². The van der Waals surface area contributed by atoms with Crippen LogP contribution < -0.4 is 10.2 Å². The summed E-state index contributed by atoms with van der Waals surface area (Å²) in [4.78, 5) is 44.5. The predicted octanol–water partition coefficient (Wildman–Crippen LogP) is 1.64. The molecular formula is C25H34F2N4O4. The van der Waals surface area contributed by atoms with Crippen molar-refractivity contribution in [1.29, 1.82) is 0 Å². The third kappa shape index (κ3) is 5.48. The van der Waals surface area contributed by atoms with E-state index in [-0.39, 0.29) is 24.9 Å². The molecule has 8 nitrogen and oxygen atoms in total. The van der Waals surface area contributed by atoms with E-state index >= 15 is 0 Å². The number of alkyl halides is 2. The molecule has 1 N–H and O–H groups in total. The van der Waals surface area contributed by atoms with E-state index in [9.17, 15) is 23.2 Å². The molecule has 3 aliphatic heterocycles. The van der Waals surface area contributed by atoms with Crippen LogP contribution in [0.4, 0.5) is 14.5 Å². The highest BCUT2D eigenvalue weighted by molar-refractivity contribution is 5.99. The number of carbonyl (C=O) groups excluding carboxylic acids is 3. The molecule has 1 aromatic carbocycles. The minimum atomic E-state index is -2.71. The quantitative estimate of drug-likeness (QED) is 0.624. The minimum absolute atomic E-state index is 0.0590. The molecule has 35 heavy (non-hydrogen) atoms. The smallest absolute Gasteiger partial charge is 0.251 e. The van der Waals surface area contributed by atoms with Gasteiger partial charge in [-0.15, -0.1) is 0 Å². The highest BCUT2D eigenvalue weighted by atomic mass is 19.3. The van der Waals surface area contributed by atoms with Gasteiger partial charge in [0, 0.05) is 44.0 Å². The molecule has 2 amide bonds. The second-order valence-electron chi connectivity index (χ2n) is 10.2. The molecule has 0 aromatic heterocycles. The van der Waals surface area contributed by atoms with Gasteiger partial charge in [-0.2, -0.15) is 0 Å². The minimum Gasteiger partial charge on any atom is -0.369 e. The number of halogens is 2. The molecular weight excluding hydrogens is 458 g/mol. The number of nitrogens with zero attached hydrogens (tertiary/aromatic N) is 3. The molecule has 3 heterocycles. The average Bonchev–Trinajstić information content (AvgIpc) is 3.39. The number of carbonyl (C=O) groups is 3. The van der Waals surface area contributed by atoms with Crippen LogP contribution in [0.15, 0.2) is 24.3 Å².